The number of aromatic hydroxyl groups is 1. The number of phenols is 1. The number of ether oxygens (including phenoxy) is 1. The second kappa shape index (κ2) is 6.39. The van der Waals surface area contributed by atoms with Gasteiger partial charge in [-0.25, -0.2) is 0 Å². The molecule has 0 radical (unpaired) electrons. The van der Waals surface area contributed by atoms with Gasteiger partial charge in [0.25, 0.3) is 0 Å². The number of rotatable bonds is 4. The molecule has 4 heteroatoms. The van der Waals surface area contributed by atoms with Gasteiger partial charge in [-0.3, -0.25) is 4.79 Å². The zero-order valence-electron chi connectivity index (χ0n) is 10.8. The highest BCUT2D eigenvalue weighted by Gasteiger charge is 2.06. The summed E-state index contributed by atoms with van der Waals surface area (Å²) in [6, 6.07) is 11.8. The molecule has 3 nitrogen and oxygen atoms in total. The first-order chi connectivity index (χ1) is 9.60. The first-order valence-corrected chi connectivity index (χ1v) is 6.74. The molecule has 0 unspecified atom stereocenters. The molecule has 0 saturated heterocycles. The fourth-order valence-electron chi connectivity index (χ4n) is 1.67. The Morgan fingerprint density at radius 2 is 1.90 bits per heavy atom. The number of hydrogen-bond acceptors (Lipinski definition) is 3. The van der Waals surface area contributed by atoms with E-state index in [0.29, 0.717) is 11.3 Å². The van der Waals surface area contributed by atoms with Crippen LogP contribution in [0.4, 0.5) is 0 Å². The molecule has 1 N–H and O–H groups in total. The largest absolute Gasteiger partial charge is 0.508 e. The number of phenolic OH excluding ortho intramolecular Hbond substituents is 1. The van der Waals surface area contributed by atoms with E-state index in [1.54, 1.807) is 55.7 Å². The lowest BCUT2D eigenvalue weighted by molar-refractivity contribution is 0.104. The number of benzene rings is 2. The maximum atomic E-state index is 12.0. The van der Waals surface area contributed by atoms with Crippen LogP contribution in [0.3, 0.4) is 0 Å². The first kappa shape index (κ1) is 14.3. The molecule has 0 bridgehead atoms. The predicted molar refractivity (Wildman–Crippen MR) is 82.2 cm³/mol. The van der Waals surface area contributed by atoms with Crippen molar-refractivity contribution in [3.8, 4) is 11.5 Å². The Hall–Kier alpha value is -2.07. The zero-order chi connectivity index (χ0) is 14.5. The van der Waals surface area contributed by atoms with Gasteiger partial charge in [0, 0.05) is 5.56 Å². The van der Waals surface area contributed by atoms with Crippen LogP contribution in [0.1, 0.15) is 15.9 Å². The van der Waals surface area contributed by atoms with E-state index in [4.69, 9.17) is 4.74 Å². The summed E-state index contributed by atoms with van der Waals surface area (Å²) in [7, 11) is 1.58. The first-order valence-electron chi connectivity index (χ1n) is 5.95. The summed E-state index contributed by atoms with van der Waals surface area (Å²) in [4.78, 5) is 12.0. The van der Waals surface area contributed by atoms with Gasteiger partial charge in [-0.1, -0.05) is 18.2 Å². The van der Waals surface area contributed by atoms with Crippen molar-refractivity contribution in [3.05, 3.63) is 64.1 Å². The summed E-state index contributed by atoms with van der Waals surface area (Å²) >= 11 is 3.35. The van der Waals surface area contributed by atoms with E-state index in [2.05, 4.69) is 15.9 Å². The van der Waals surface area contributed by atoms with Crippen molar-refractivity contribution in [1.82, 2.24) is 0 Å². The molecular weight excluding hydrogens is 320 g/mol. The smallest absolute Gasteiger partial charge is 0.185 e. The van der Waals surface area contributed by atoms with E-state index >= 15 is 0 Å². The fraction of sp³-hybridized carbons (Fsp3) is 0.0625. The van der Waals surface area contributed by atoms with Crippen LogP contribution in [0, 0.1) is 0 Å². The molecule has 2 aromatic rings. The minimum atomic E-state index is -0.0959. The van der Waals surface area contributed by atoms with Crippen molar-refractivity contribution in [2.45, 2.75) is 0 Å². The molecule has 2 rings (SSSR count). The van der Waals surface area contributed by atoms with Gasteiger partial charge in [0.05, 0.1) is 11.6 Å². The SMILES string of the molecule is COc1ccc(C(=O)/C=C/c2ccc(O)cc2)cc1Br. The number of halogens is 1. The second-order valence-electron chi connectivity index (χ2n) is 4.14. The number of carbonyl (C=O) groups excluding carboxylic acids is 1. The van der Waals surface area contributed by atoms with Crippen LogP contribution in [-0.2, 0) is 0 Å². The third-order valence-electron chi connectivity index (χ3n) is 2.76. The average Bonchev–Trinajstić information content (AvgIpc) is 2.46. The predicted octanol–water partition coefficient (Wildman–Crippen LogP) is 4.06. The molecule has 0 heterocycles. The highest BCUT2D eigenvalue weighted by molar-refractivity contribution is 9.10. The topological polar surface area (TPSA) is 46.5 Å². The van der Waals surface area contributed by atoms with Crippen LogP contribution in [0.15, 0.2) is 53.0 Å². The Bertz CT molecular complexity index is 645. The van der Waals surface area contributed by atoms with E-state index in [9.17, 15) is 9.90 Å². The second-order valence-corrected chi connectivity index (χ2v) is 4.99. The molecule has 0 amide bonds. The number of hydrogen-bond donors (Lipinski definition) is 1. The summed E-state index contributed by atoms with van der Waals surface area (Å²) in [5, 5.41) is 9.18. The number of carbonyl (C=O) groups is 1. The average molecular weight is 333 g/mol. The van der Waals surface area contributed by atoms with E-state index in [1.807, 2.05) is 0 Å². The summed E-state index contributed by atoms with van der Waals surface area (Å²) in [6.07, 6.45) is 3.21. The maximum absolute atomic E-state index is 12.0. The normalized spacial score (nSPS) is 10.7. The highest BCUT2D eigenvalue weighted by atomic mass is 79.9. The van der Waals surface area contributed by atoms with Gasteiger partial charge in [0.2, 0.25) is 0 Å². The van der Waals surface area contributed by atoms with E-state index < -0.39 is 0 Å². The Balaban J connectivity index is 2.15. The van der Waals surface area contributed by atoms with Gasteiger partial charge in [-0.05, 0) is 57.9 Å². The maximum Gasteiger partial charge on any atom is 0.185 e. The van der Waals surface area contributed by atoms with Crippen LogP contribution in [0.2, 0.25) is 0 Å². The lowest BCUT2D eigenvalue weighted by atomic mass is 10.1. The van der Waals surface area contributed by atoms with Gasteiger partial charge in [-0.15, -0.1) is 0 Å². The Morgan fingerprint density at radius 1 is 1.20 bits per heavy atom. The Labute approximate surface area is 125 Å². The Kier molecular flexibility index (Phi) is 4.58. The summed E-state index contributed by atoms with van der Waals surface area (Å²) < 4.78 is 5.86. The number of ketones is 1. The van der Waals surface area contributed by atoms with E-state index in [0.717, 1.165) is 10.0 Å². The van der Waals surface area contributed by atoms with Crippen LogP contribution in [0.5, 0.6) is 11.5 Å². The van der Waals surface area contributed by atoms with E-state index in [-0.39, 0.29) is 11.5 Å². The molecule has 0 fully saturated rings. The van der Waals surface area contributed by atoms with Crippen LogP contribution < -0.4 is 4.74 Å². The highest BCUT2D eigenvalue weighted by Crippen LogP contribution is 2.25. The van der Waals surface area contributed by atoms with Crippen molar-refractivity contribution in [3.63, 3.8) is 0 Å². The van der Waals surface area contributed by atoms with Gasteiger partial charge in [0.15, 0.2) is 5.78 Å². The molecule has 102 valence electrons. The van der Waals surface area contributed by atoms with Gasteiger partial charge in [0.1, 0.15) is 11.5 Å². The van der Waals surface area contributed by atoms with Gasteiger partial charge >= 0.3 is 0 Å². The molecule has 0 saturated carbocycles. The summed E-state index contributed by atoms with van der Waals surface area (Å²) in [5.74, 6) is 0.790. The Morgan fingerprint density at radius 3 is 2.50 bits per heavy atom. The minimum Gasteiger partial charge on any atom is -0.508 e. The van der Waals surface area contributed by atoms with Crippen molar-refractivity contribution in [1.29, 1.82) is 0 Å². The number of allylic oxidation sites excluding steroid dienone is 1. The zero-order valence-corrected chi connectivity index (χ0v) is 12.4. The molecule has 2 aromatic carbocycles. The molecule has 20 heavy (non-hydrogen) atoms. The van der Waals surface area contributed by atoms with Crippen molar-refractivity contribution in [2.75, 3.05) is 7.11 Å². The monoisotopic (exact) mass is 332 g/mol. The minimum absolute atomic E-state index is 0.0959. The van der Waals surface area contributed by atoms with Crippen LogP contribution in [0.25, 0.3) is 6.08 Å². The summed E-state index contributed by atoms with van der Waals surface area (Å²) in [6.45, 7) is 0. The van der Waals surface area contributed by atoms with Crippen LogP contribution >= 0.6 is 15.9 Å². The third kappa shape index (κ3) is 3.48. The van der Waals surface area contributed by atoms with Crippen molar-refractivity contribution >= 4 is 27.8 Å². The third-order valence-corrected chi connectivity index (χ3v) is 3.38. The molecule has 0 atom stereocenters. The molecule has 0 aliphatic rings. The van der Waals surface area contributed by atoms with Gasteiger partial charge < -0.3 is 9.84 Å². The quantitative estimate of drug-likeness (QED) is 0.678. The van der Waals surface area contributed by atoms with E-state index in [1.165, 1.54) is 6.08 Å². The van der Waals surface area contributed by atoms with Gasteiger partial charge in [-0.2, -0.15) is 0 Å². The lowest BCUT2D eigenvalue weighted by Gasteiger charge is -2.04. The summed E-state index contributed by atoms with van der Waals surface area (Å²) in [5.41, 5.74) is 1.43. The molecule has 0 aliphatic heterocycles. The standard InChI is InChI=1S/C16H13BrO3/c1-20-16-9-5-12(10-14(16)17)15(19)8-4-11-2-6-13(18)7-3-11/h2-10,18H,1H3/b8-4+. The molecule has 0 aromatic heterocycles. The molecule has 0 aliphatic carbocycles. The van der Waals surface area contributed by atoms with Crippen LogP contribution in [-0.4, -0.2) is 18.0 Å². The van der Waals surface area contributed by atoms with Crippen molar-refractivity contribution in [2.24, 2.45) is 0 Å². The molecule has 0 spiro atoms. The number of methoxy groups -OCH3 is 1. The fourth-order valence-corrected chi connectivity index (χ4v) is 2.21. The molecular formula is C16H13BrO3. The lowest BCUT2D eigenvalue weighted by Crippen LogP contribution is -1.95. The van der Waals surface area contributed by atoms with Crippen molar-refractivity contribution < 1.29 is 14.6 Å².